The number of nitrogens with zero attached hydrogens (tertiary/aromatic N) is 12. The number of aryl methyl sites for hydroxylation is 1. The number of hydrogen-bond acceptors (Lipinski definition) is 10. The van der Waals surface area contributed by atoms with Crippen LogP contribution in [0.4, 0.5) is 20.4 Å². The van der Waals surface area contributed by atoms with Crippen molar-refractivity contribution >= 4 is 45.3 Å². The molecule has 18 heteroatoms. The first-order chi connectivity index (χ1) is 28.5. The van der Waals surface area contributed by atoms with Gasteiger partial charge in [-0.1, -0.05) is 6.07 Å². The lowest BCUT2D eigenvalue weighted by molar-refractivity contribution is 0.101. The van der Waals surface area contributed by atoms with Crippen molar-refractivity contribution in [1.82, 2.24) is 59.1 Å². The van der Waals surface area contributed by atoms with Crippen molar-refractivity contribution in [2.45, 2.75) is 58.7 Å². The van der Waals surface area contributed by atoms with Crippen LogP contribution < -0.4 is 10.6 Å². The summed E-state index contributed by atoms with van der Waals surface area (Å²) in [5.74, 6) is -0.814. The number of aromatic nitrogens is 12. The zero-order chi connectivity index (χ0) is 40.9. The normalized spacial score (nSPS) is 13.4. The van der Waals surface area contributed by atoms with Crippen molar-refractivity contribution in [2.24, 2.45) is 13.0 Å². The van der Waals surface area contributed by atoms with Gasteiger partial charge in [0.25, 0.3) is 11.8 Å². The van der Waals surface area contributed by atoms with Gasteiger partial charge in [-0.2, -0.15) is 10.2 Å². The van der Waals surface area contributed by atoms with E-state index in [0.717, 1.165) is 24.9 Å². The van der Waals surface area contributed by atoms with E-state index in [1.54, 1.807) is 54.8 Å². The highest BCUT2D eigenvalue weighted by molar-refractivity contribution is 6.07. The lowest BCUT2D eigenvalue weighted by atomic mass is 10.1. The van der Waals surface area contributed by atoms with Gasteiger partial charge >= 0.3 is 0 Å². The van der Waals surface area contributed by atoms with Gasteiger partial charge in [0, 0.05) is 36.4 Å². The van der Waals surface area contributed by atoms with Gasteiger partial charge < -0.3 is 19.8 Å². The summed E-state index contributed by atoms with van der Waals surface area (Å²) in [4.78, 5) is 36.3. The Bertz CT molecular complexity index is 2910. The first kappa shape index (κ1) is 37.3. The number of carbonyl (C=O) groups is 2. The molecule has 298 valence electrons. The van der Waals surface area contributed by atoms with E-state index in [2.05, 4.69) is 46.2 Å². The fraction of sp³-hybridized carbons (Fsp3) is 0.268. The molecule has 16 nitrogen and oxygen atoms in total. The highest BCUT2D eigenvalue weighted by atomic mass is 19.1. The second-order valence-electron chi connectivity index (χ2n) is 15.2. The third-order valence-electron chi connectivity index (χ3n) is 10.5. The van der Waals surface area contributed by atoms with E-state index in [1.165, 1.54) is 30.5 Å². The van der Waals surface area contributed by atoms with Gasteiger partial charge in [-0.3, -0.25) is 19.0 Å². The zero-order valence-electron chi connectivity index (χ0n) is 32.5. The number of amides is 2. The van der Waals surface area contributed by atoms with Crippen molar-refractivity contribution in [1.29, 1.82) is 0 Å². The van der Waals surface area contributed by atoms with E-state index >= 15 is 8.78 Å². The summed E-state index contributed by atoms with van der Waals surface area (Å²) in [6.45, 7) is 6.68. The summed E-state index contributed by atoms with van der Waals surface area (Å²) in [5.41, 5.74) is 2.67. The second kappa shape index (κ2) is 14.9. The highest BCUT2D eigenvalue weighted by Crippen LogP contribution is 2.32. The minimum Gasteiger partial charge on any atom is -0.310 e. The monoisotopic (exact) mass is 796 g/mol. The first-order valence-corrected chi connectivity index (χ1v) is 19.2. The number of anilines is 2. The average Bonchev–Trinajstić information content (AvgIpc) is 3.58. The molecule has 2 aromatic carbocycles. The maximum absolute atomic E-state index is 15.2. The van der Waals surface area contributed by atoms with Gasteiger partial charge in [0.2, 0.25) is 0 Å². The molecule has 6 heterocycles. The number of carbonyl (C=O) groups excluding carboxylic acids is 2. The van der Waals surface area contributed by atoms with Gasteiger partial charge in [-0.25, -0.2) is 18.7 Å². The third-order valence-corrected chi connectivity index (χ3v) is 10.5. The molecule has 0 bridgehead atoms. The minimum atomic E-state index is -0.689. The maximum atomic E-state index is 15.2. The standard InChI is InChI=1S/C41H38F2N14O2/c1-22(2)55-20-44-53-39(55)33-11-25(12-37(49-33)51-41(59)28-15-34-26(13-30(28)42)17-46-54(34)4)10-23(3)56-21-45-52-38(56)32-6-5-7-36(48-32)50-40(58)29-16-35-27(14-31(29)43)18-47-57(35)19-24-8-9-24/h5-7,11-18,20-24H,8-10,19H2,1-4H3,(H,48,50,58)(H,49,51,59). The van der Waals surface area contributed by atoms with E-state index in [1.807, 2.05) is 40.7 Å². The smallest absolute Gasteiger partial charge is 0.259 e. The average molecular weight is 797 g/mol. The fourth-order valence-electron chi connectivity index (χ4n) is 7.18. The lowest BCUT2D eigenvalue weighted by Crippen LogP contribution is -2.16. The van der Waals surface area contributed by atoms with E-state index in [9.17, 15) is 9.59 Å². The summed E-state index contributed by atoms with van der Waals surface area (Å²) < 4.78 is 37.5. The topological polar surface area (TPSA) is 181 Å². The van der Waals surface area contributed by atoms with Crippen molar-refractivity contribution in [3.8, 4) is 23.0 Å². The van der Waals surface area contributed by atoms with Crippen LogP contribution in [0.5, 0.6) is 0 Å². The molecule has 1 atom stereocenters. The van der Waals surface area contributed by atoms with Gasteiger partial charge in [-0.15, -0.1) is 20.4 Å². The van der Waals surface area contributed by atoms with Crippen LogP contribution in [0.15, 0.2) is 79.6 Å². The minimum absolute atomic E-state index is 0.0131. The third kappa shape index (κ3) is 7.39. The Morgan fingerprint density at radius 3 is 2.10 bits per heavy atom. The Morgan fingerprint density at radius 1 is 0.763 bits per heavy atom. The predicted molar refractivity (Wildman–Crippen MR) is 214 cm³/mol. The number of pyridine rings is 2. The second-order valence-corrected chi connectivity index (χ2v) is 15.2. The first-order valence-electron chi connectivity index (χ1n) is 19.2. The fourth-order valence-corrected chi connectivity index (χ4v) is 7.18. The van der Waals surface area contributed by atoms with E-state index in [-0.39, 0.29) is 34.8 Å². The molecule has 0 radical (unpaired) electrons. The summed E-state index contributed by atoms with van der Waals surface area (Å²) >= 11 is 0. The Kier molecular flexibility index (Phi) is 9.45. The largest absolute Gasteiger partial charge is 0.310 e. The van der Waals surface area contributed by atoms with Crippen LogP contribution in [0.1, 0.15) is 72.0 Å². The highest BCUT2D eigenvalue weighted by Gasteiger charge is 2.25. The molecule has 9 rings (SSSR count). The molecule has 2 amide bonds. The molecule has 2 N–H and O–H groups in total. The molecule has 6 aromatic heterocycles. The van der Waals surface area contributed by atoms with Crippen molar-refractivity contribution in [2.75, 3.05) is 10.6 Å². The van der Waals surface area contributed by atoms with Crippen LogP contribution in [-0.4, -0.2) is 70.9 Å². The molecule has 1 aliphatic carbocycles. The van der Waals surface area contributed by atoms with Gasteiger partial charge in [0.15, 0.2) is 11.6 Å². The van der Waals surface area contributed by atoms with Crippen LogP contribution in [0.25, 0.3) is 44.8 Å². The number of rotatable bonds is 12. The van der Waals surface area contributed by atoms with Crippen molar-refractivity contribution in [3.05, 3.63) is 108 Å². The number of fused-ring (bicyclic) bond motifs is 2. The molecule has 0 saturated heterocycles. The summed E-state index contributed by atoms with van der Waals surface area (Å²) in [7, 11) is 1.72. The van der Waals surface area contributed by atoms with Gasteiger partial charge in [0.05, 0.1) is 34.6 Å². The van der Waals surface area contributed by atoms with Gasteiger partial charge in [-0.05, 0) is 100 Å². The van der Waals surface area contributed by atoms with E-state index in [0.29, 0.717) is 57.2 Å². The molecule has 0 spiro atoms. The molecule has 1 unspecified atom stereocenters. The molecular weight excluding hydrogens is 759 g/mol. The molecule has 1 aliphatic rings. The zero-order valence-corrected chi connectivity index (χ0v) is 32.5. The quantitative estimate of drug-likeness (QED) is 0.133. The van der Waals surface area contributed by atoms with Crippen LogP contribution in [-0.2, 0) is 20.0 Å². The van der Waals surface area contributed by atoms with Crippen LogP contribution in [0.2, 0.25) is 0 Å². The number of nitrogens with one attached hydrogen (secondary N) is 2. The number of hydrogen-bond donors (Lipinski definition) is 2. The number of benzene rings is 2. The maximum Gasteiger partial charge on any atom is 0.259 e. The SMILES string of the molecule is CC(C)n1cnnc1-c1cc(CC(C)n2cnnc2-c2cccc(NC(=O)c3cc4c(cnn4CC4CC4)cc3F)n2)cc(NC(=O)c2cc3c(cnn3C)cc2F)n1. The Morgan fingerprint density at radius 2 is 1.39 bits per heavy atom. The molecule has 59 heavy (non-hydrogen) atoms. The van der Waals surface area contributed by atoms with Crippen molar-refractivity contribution in [3.63, 3.8) is 0 Å². The Labute approximate surface area is 335 Å². The molecule has 0 aliphatic heterocycles. The van der Waals surface area contributed by atoms with E-state index in [4.69, 9.17) is 4.98 Å². The lowest BCUT2D eigenvalue weighted by Gasteiger charge is -2.17. The molecule has 1 fully saturated rings. The Hall–Kier alpha value is -7.24. The van der Waals surface area contributed by atoms with E-state index < -0.39 is 23.4 Å². The summed E-state index contributed by atoms with van der Waals surface area (Å²) in [6.07, 6.45) is 9.02. The Balaban J connectivity index is 0.977. The molecule has 8 aromatic rings. The molecular formula is C41H38F2N14O2. The predicted octanol–water partition coefficient (Wildman–Crippen LogP) is 6.81. The van der Waals surface area contributed by atoms with Gasteiger partial charge in [0.1, 0.15) is 47.3 Å². The van der Waals surface area contributed by atoms with Crippen LogP contribution in [0, 0.1) is 17.6 Å². The summed E-state index contributed by atoms with van der Waals surface area (Å²) in [5, 5.41) is 32.2. The van der Waals surface area contributed by atoms with Crippen LogP contribution in [0.3, 0.4) is 0 Å². The summed E-state index contributed by atoms with van der Waals surface area (Å²) in [6, 6.07) is 14.0. The van der Waals surface area contributed by atoms with Crippen molar-refractivity contribution < 1.29 is 18.4 Å². The number of halogens is 2. The molecule has 1 saturated carbocycles. The van der Waals surface area contributed by atoms with Crippen LogP contribution >= 0.6 is 0 Å².